The lowest BCUT2D eigenvalue weighted by molar-refractivity contribution is -0.155. The van der Waals surface area contributed by atoms with Gasteiger partial charge in [0.05, 0.1) is 12.3 Å². The van der Waals surface area contributed by atoms with Gasteiger partial charge in [-0.2, -0.15) is 0 Å². The van der Waals surface area contributed by atoms with Gasteiger partial charge in [0.2, 0.25) is 0 Å². The molecule has 1 aromatic rings. The average Bonchev–Trinajstić information content (AvgIpc) is 2.92. The van der Waals surface area contributed by atoms with Crippen LogP contribution in [0.25, 0.3) is 0 Å². The van der Waals surface area contributed by atoms with Crippen molar-refractivity contribution in [3.63, 3.8) is 0 Å². The van der Waals surface area contributed by atoms with Crippen LogP contribution < -0.4 is 0 Å². The van der Waals surface area contributed by atoms with Crippen molar-refractivity contribution < 1.29 is 22.8 Å². The lowest BCUT2D eigenvalue weighted by Crippen LogP contribution is -2.53. The molecular formula is C15H21F2N3O3. The third-order valence-corrected chi connectivity index (χ3v) is 4.30. The van der Waals surface area contributed by atoms with E-state index in [1.54, 1.807) is 0 Å². The Kier molecular flexibility index (Phi) is 4.63. The van der Waals surface area contributed by atoms with Crippen molar-refractivity contribution in [2.24, 2.45) is 0 Å². The lowest BCUT2D eigenvalue weighted by atomic mass is 10.1. The molecule has 2 saturated heterocycles. The Morgan fingerprint density at radius 1 is 1.39 bits per heavy atom. The molecule has 1 unspecified atom stereocenters. The van der Waals surface area contributed by atoms with Gasteiger partial charge in [-0.3, -0.25) is 9.69 Å². The van der Waals surface area contributed by atoms with E-state index < -0.39 is 12.0 Å². The van der Waals surface area contributed by atoms with Crippen LogP contribution in [-0.4, -0.2) is 65.7 Å². The third kappa shape index (κ3) is 4.06. The van der Waals surface area contributed by atoms with Gasteiger partial charge in [0.25, 0.3) is 11.8 Å². The molecule has 0 radical (unpaired) electrons. The van der Waals surface area contributed by atoms with E-state index in [2.05, 4.69) is 10.1 Å². The quantitative estimate of drug-likeness (QED) is 0.840. The normalized spacial score (nSPS) is 25.5. The van der Waals surface area contributed by atoms with Gasteiger partial charge in [0.15, 0.2) is 0 Å². The molecule has 0 saturated carbocycles. The van der Waals surface area contributed by atoms with Gasteiger partial charge in [0, 0.05) is 51.6 Å². The highest BCUT2D eigenvalue weighted by molar-refractivity contribution is 5.81. The molecule has 128 valence electrons. The molecule has 1 amide bonds. The number of likely N-dealkylation sites (tertiary alicyclic amines) is 1. The van der Waals surface area contributed by atoms with Crippen molar-refractivity contribution in [3.05, 3.63) is 17.5 Å². The second-order valence-corrected chi connectivity index (χ2v) is 6.20. The Morgan fingerprint density at radius 2 is 2.13 bits per heavy atom. The molecule has 0 aromatic carbocycles. The first-order valence-electron chi connectivity index (χ1n) is 7.86. The fourth-order valence-corrected chi connectivity index (χ4v) is 2.98. The van der Waals surface area contributed by atoms with Gasteiger partial charge in [0.1, 0.15) is 11.9 Å². The van der Waals surface area contributed by atoms with Crippen molar-refractivity contribution in [1.82, 2.24) is 15.0 Å². The second-order valence-electron chi connectivity index (χ2n) is 6.20. The van der Waals surface area contributed by atoms with Crippen molar-refractivity contribution >= 4 is 5.91 Å². The summed E-state index contributed by atoms with van der Waals surface area (Å²) in [6.45, 7) is 4.18. The van der Waals surface area contributed by atoms with Crippen molar-refractivity contribution in [1.29, 1.82) is 0 Å². The Labute approximate surface area is 133 Å². The Bertz CT molecular complexity index is 554. The number of halogens is 2. The van der Waals surface area contributed by atoms with E-state index in [1.807, 2.05) is 13.0 Å². The van der Waals surface area contributed by atoms with E-state index >= 15 is 0 Å². The molecule has 1 aromatic heterocycles. The molecule has 0 aliphatic carbocycles. The summed E-state index contributed by atoms with van der Waals surface area (Å²) in [5, 5.41) is 3.95. The number of amides is 1. The van der Waals surface area contributed by atoms with Gasteiger partial charge >= 0.3 is 0 Å². The summed E-state index contributed by atoms with van der Waals surface area (Å²) >= 11 is 0. The van der Waals surface area contributed by atoms with E-state index in [-0.39, 0.29) is 31.8 Å². The number of nitrogens with zero attached hydrogens (tertiary/aromatic N) is 3. The summed E-state index contributed by atoms with van der Waals surface area (Å²) in [7, 11) is 0. The zero-order valence-corrected chi connectivity index (χ0v) is 13.1. The largest absolute Gasteiger partial charge is 0.366 e. The summed E-state index contributed by atoms with van der Waals surface area (Å²) in [5.41, 5.74) is 0.813. The lowest BCUT2D eigenvalue weighted by Gasteiger charge is -2.37. The predicted octanol–water partition coefficient (Wildman–Crippen LogP) is 1.44. The van der Waals surface area contributed by atoms with Crippen molar-refractivity contribution in [2.75, 3.05) is 32.8 Å². The smallest absolute Gasteiger partial charge is 0.253 e. The number of piperidine rings is 1. The highest BCUT2D eigenvalue weighted by Crippen LogP contribution is 2.28. The molecule has 23 heavy (non-hydrogen) atoms. The number of ether oxygens (including phenoxy) is 1. The molecule has 3 heterocycles. The van der Waals surface area contributed by atoms with Crippen LogP contribution in [0, 0.1) is 6.92 Å². The first-order chi connectivity index (χ1) is 10.9. The highest BCUT2D eigenvalue weighted by atomic mass is 19.3. The summed E-state index contributed by atoms with van der Waals surface area (Å²) < 4.78 is 37.0. The summed E-state index contributed by atoms with van der Waals surface area (Å²) in [4.78, 5) is 16.0. The number of aromatic nitrogens is 1. The minimum atomic E-state index is -2.65. The Balaban J connectivity index is 1.54. The zero-order valence-electron chi connectivity index (χ0n) is 13.1. The monoisotopic (exact) mass is 329 g/mol. The maximum Gasteiger partial charge on any atom is 0.253 e. The average molecular weight is 329 g/mol. The molecule has 0 spiro atoms. The predicted molar refractivity (Wildman–Crippen MR) is 77.0 cm³/mol. The molecular weight excluding hydrogens is 308 g/mol. The van der Waals surface area contributed by atoms with Gasteiger partial charge in [-0.1, -0.05) is 5.16 Å². The fourth-order valence-electron chi connectivity index (χ4n) is 2.98. The van der Waals surface area contributed by atoms with Gasteiger partial charge < -0.3 is 14.2 Å². The van der Waals surface area contributed by atoms with Gasteiger partial charge in [-0.05, 0) is 6.92 Å². The molecule has 6 nitrogen and oxygen atoms in total. The number of alkyl halides is 2. The van der Waals surface area contributed by atoms with Crippen molar-refractivity contribution in [2.45, 2.75) is 38.3 Å². The molecule has 3 rings (SSSR count). The minimum Gasteiger partial charge on any atom is -0.366 e. The number of hydrogen-bond donors (Lipinski definition) is 0. The number of carbonyl (C=O) groups excluding carboxylic acids is 1. The van der Waals surface area contributed by atoms with Crippen LogP contribution in [0.15, 0.2) is 10.6 Å². The molecule has 2 aliphatic rings. The van der Waals surface area contributed by atoms with E-state index in [9.17, 15) is 13.6 Å². The van der Waals surface area contributed by atoms with E-state index in [1.165, 1.54) is 4.90 Å². The first-order valence-corrected chi connectivity index (χ1v) is 7.86. The maximum atomic E-state index is 13.2. The summed E-state index contributed by atoms with van der Waals surface area (Å²) in [6, 6.07) is 1.86. The van der Waals surface area contributed by atoms with Crippen LogP contribution in [0.1, 0.15) is 24.3 Å². The van der Waals surface area contributed by atoms with Crippen LogP contribution in [0.4, 0.5) is 8.78 Å². The maximum absolute atomic E-state index is 13.2. The molecule has 0 N–H and O–H groups in total. The van der Waals surface area contributed by atoms with E-state index in [4.69, 9.17) is 9.26 Å². The Hall–Kier alpha value is -1.54. The molecule has 2 fully saturated rings. The van der Waals surface area contributed by atoms with Crippen molar-refractivity contribution in [3.8, 4) is 0 Å². The fraction of sp³-hybridized carbons (Fsp3) is 0.733. The van der Waals surface area contributed by atoms with Gasteiger partial charge in [-0.25, -0.2) is 8.78 Å². The zero-order chi connectivity index (χ0) is 16.4. The first kappa shape index (κ1) is 16.3. The number of carbonyl (C=O) groups is 1. The van der Waals surface area contributed by atoms with Crippen LogP contribution in [0.2, 0.25) is 0 Å². The van der Waals surface area contributed by atoms with Gasteiger partial charge in [-0.15, -0.1) is 0 Å². The summed E-state index contributed by atoms with van der Waals surface area (Å²) in [5.74, 6) is -2.10. The number of hydrogen-bond acceptors (Lipinski definition) is 5. The SMILES string of the molecule is Cc1cc(CN2CCOC(C(=O)N3CCC(F)(F)CC3)C2)no1. The highest BCUT2D eigenvalue weighted by Gasteiger charge is 2.38. The van der Waals surface area contributed by atoms with E-state index in [0.717, 1.165) is 11.5 Å². The third-order valence-electron chi connectivity index (χ3n) is 4.30. The minimum absolute atomic E-state index is 0.0914. The molecule has 1 atom stereocenters. The van der Waals surface area contributed by atoms with E-state index in [0.29, 0.717) is 26.2 Å². The van der Waals surface area contributed by atoms with Crippen LogP contribution in [0.3, 0.4) is 0 Å². The molecule has 8 heteroatoms. The molecule has 2 aliphatic heterocycles. The topological polar surface area (TPSA) is 58.8 Å². The number of rotatable bonds is 3. The summed E-state index contributed by atoms with van der Waals surface area (Å²) in [6.07, 6.45) is -1.13. The number of aryl methyl sites for hydroxylation is 1. The van der Waals surface area contributed by atoms with Crippen LogP contribution >= 0.6 is 0 Å². The molecule has 0 bridgehead atoms. The second kappa shape index (κ2) is 6.52. The number of morpholine rings is 1. The standard InChI is InChI=1S/C15H21F2N3O3/c1-11-8-12(18-23-11)9-19-6-7-22-13(10-19)14(21)20-4-2-15(16,17)3-5-20/h8,13H,2-7,9-10H2,1H3. The van der Waals surface area contributed by atoms with Crippen LogP contribution in [-0.2, 0) is 16.1 Å². The Morgan fingerprint density at radius 3 is 2.78 bits per heavy atom. The van der Waals surface area contributed by atoms with Crippen LogP contribution in [0.5, 0.6) is 0 Å².